The standard InChI is InChI=1S/C18H19N3/c1-13-8-9-16(10-14(13)2)20-19-11-15-12-21(3)18-7-5-4-6-17(15)18/h4-12,20H,1-3H3/b19-11+. The second-order valence-electron chi connectivity index (χ2n) is 5.38. The van der Waals surface area contributed by atoms with Crippen LogP contribution in [0.15, 0.2) is 53.8 Å². The Morgan fingerprint density at radius 3 is 2.67 bits per heavy atom. The molecule has 0 saturated heterocycles. The number of hydrogen-bond acceptors (Lipinski definition) is 2. The lowest BCUT2D eigenvalue weighted by atomic mass is 10.1. The quantitative estimate of drug-likeness (QED) is 0.563. The van der Waals surface area contributed by atoms with Crippen molar-refractivity contribution in [2.24, 2.45) is 12.1 Å². The van der Waals surface area contributed by atoms with Gasteiger partial charge in [0.15, 0.2) is 0 Å². The van der Waals surface area contributed by atoms with E-state index in [9.17, 15) is 0 Å². The molecule has 21 heavy (non-hydrogen) atoms. The van der Waals surface area contributed by atoms with Crippen LogP contribution in [0.3, 0.4) is 0 Å². The van der Waals surface area contributed by atoms with Crippen molar-refractivity contribution in [2.75, 3.05) is 5.43 Å². The minimum Gasteiger partial charge on any atom is -0.350 e. The normalized spacial score (nSPS) is 11.4. The summed E-state index contributed by atoms with van der Waals surface area (Å²) in [6.45, 7) is 4.22. The van der Waals surface area contributed by atoms with Crippen LogP contribution in [0, 0.1) is 13.8 Å². The number of benzene rings is 2. The highest BCUT2D eigenvalue weighted by Crippen LogP contribution is 2.19. The van der Waals surface area contributed by atoms with E-state index < -0.39 is 0 Å². The Hall–Kier alpha value is -2.55. The summed E-state index contributed by atoms with van der Waals surface area (Å²) < 4.78 is 2.12. The molecular weight excluding hydrogens is 258 g/mol. The maximum atomic E-state index is 4.36. The van der Waals surface area contributed by atoms with Gasteiger partial charge in [0.05, 0.1) is 11.9 Å². The second kappa shape index (κ2) is 5.44. The molecule has 0 atom stereocenters. The number of rotatable bonds is 3. The van der Waals surface area contributed by atoms with Crippen molar-refractivity contribution in [3.63, 3.8) is 0 Å². The molecule has 0 aliphatic rings. The highest BCUT2D eigenvalue weighted by atomic mass is 15.3. The molecule has 3 heteroatoms. The summed E-state index contributed by atoms with van der Waals surface area (Å²) in [6.07, 6.45) is 3.97. The Kier molecular flexibility index (Phi) is 3.48. The van der Waals surface area contributed by atoms with Crippen molar-refractivity contribution < 1.29 is 0 Å². The van der Waals surface area contributed by atoms with Gasteiger partial charge in [0.25, 0.3) is 0 Å². The molecular formula is C18H19N3. The fourth-order valence-corrected chi connectivity index (χ4v) is 2.46. The Morgan fingerprint density at radius 1 is 1.05 bits per heavy atom. The van der Waals surface area contributed by atoms with Gasteiger partial charge in [0.2, 0.25) is 0 Å². The molecule has 0 bridgehead atoms. The van der Waals surface area contributed by atoms with Gasteiger partial charge >= 0.3 is 0 Å². The maximum Gasteiger partial charge on any atom is 0.0566 e. The summed E-state index contributed by atoms with van der Waals surface area (Å²) in [5, 5.41) is 5.57. The number of anilines is 1. The molecule has 1 heterocycles. The Morgan fingerprint density at radius 2 is 1.86 bits per heavy atom. The van der Waals surface area contributed by atoms with E-state index >= 15 is 0 Å². The Bertz CT molecular complexity index is 812. The van der Waals surface area contributed by atoms with Crippen molar-refractivity contribution >= 4 is 22.8 Å². The predicted octanol–water partition coefficient (Wildman–Crippen LogP) is 4.24. The van der Waals surface area contributed by atoms with E-state index in [2.05, 4.69) is 78.6 Å². The molecule has 2 aromatic carbocycles. The molecule has 0 aliphatic heterocycles. The van der Waals surface area contributed by atoms with Crippen LogP contribution in [0.5, 0.6) is 0 Å². The van der Waals surface area contributed by atoms with Crippen molar-refractivity contribution in [1.82, 2.24) is 4.57 Å². The molecule has 0 amide bonds. The molecule has 106 valence electrons. The smallest absolute Gasteiger partial charge is 0.0566 e. The van der Waals surface area contributed by atoms with Gasteiger partial charge in [-0.2, -0.15) is 5.10 Å². The van der Waals surface area contributed by atoms with E-state index in [4.69, 9.17) is 0 Å². The summed E-state index contributed by atoms with van der Waals surface area (Å²) in [5.41, 5.74) is 8.99. The van der Waals surface area contributed by atoms with Crippen LogP contribution in [0.4, 0.5) is 5.69 Å². The monoisotopic (exact) mass is 277 g/mol. The molecule has 0 saturated carbocycles. The molecule has 3 rings (SSSR count). The maximum absolute atomic E-state index is 4.36. The molecule has 0 spiro atoms. The lowest BCUT2D eigenvalue weighted by Crippen LogP contribution is -1.91. The summed E-state index contributed by atoms with van der Waals surface area (Å²) in [6, 6.07) is 14.6. The van der Waals surface area contributed by atoms with E-state index in [1.54, 1.807) is 0 Å². The van der Waals surface area contributed by atoms with Crippen molar-refractivity contribution in [3.05, 3.63) is 65.4 Å². The largest absolute Gasteiger partial charge is 0.350 e. The fraction of sp³-hybridized carbons (Fsp3) is 0.167. The minimum atomic E-state index is 1.01. The number of nitrogens with zero attached hydrogens (tertiary/aromatic N) is 2. The Labute approximate surface area is 124 Å². The first-order chi connectivity index (χ1) is 10.1. The third-order valence-electron chi connectivity index (χ3n) is 3.83. The molecule has 1 N–H and O–H groups in total. The highest BCUT2D eigenvalue weighted by Gasteiger charge is 2.03. The first-order valence-electron chi connectivity index (χ1n) is 7.05. The highest BCUT2D eigenvalue weighted by molar-refractivity contribution is 5.99. The topological polar surface area (TPSA) is 29.3 Å². The fourth-order valence-electron chi connectivity index (χ4n) is 2.46. The van der Waals surface area contributed by atoms with Crippen LogP contribution in [-0.2, 0) is 7.05 Å². The summed E-state index contributed by atoms with van der Waals surface area (Å²) in [7, 11) is 2.05. The van der Waals surface area contributed by atoms with Gasteiger partial charge in [0, 0.05) is 29.7 Å². The molecule has 0 fully saturated rings. The lowest BCUT2D eigenvalue weighted by molar-refractivity contribution is 0.968. The van der Waals surface area contributed by atoms with Crippen LogP contribution in [0.2, 0.25) is 0 Å². The van der Waals surface area contributed by atoms with Gasteiger partial charge in [-0.1, -0.05) is 24.3 Å². The number of fused-ring (bicyclic) bond motifs is 1. The van der Waals surface area contributed by atoms with Crippen LogP contribution in [0.25, 0.3) is 10.9 Å². The van der Waals surface area contributed by atoms with E-state index in [-0.39, 0.29) is 0 Å². The zero-order valence-electron chi connectivity index (χ0n) is 12.6. The predicted molar refractivity (Wildman–Crippen MR) is 90.1 cm³/mol. The zero-order valence-corrected chi connectivity index (χ0v) is 12.6. The summed E-state index contributed by atoms with van der Waals surface area (Å²) in [4.78, 5) is 0. The number of hydrazone groups is 1. The van der Waals surface area contributed by atoms with Crippen molar-refractivity contribution in [1.29, 1.82) is 0 Å². The van der Waals surface area contributed by atoms with E-state index in [1.165, 1.54) is 22.0 Å². The molecule has 0 radical (unpaired) electrons. The number of aryl methyl sites for hydroxylation is 3. The minimum absolute atomic E-state index is 1.01. The molecule has 1 aromatic heterocycles. The lowest BCUT2D eigenvalue weighted by Gasteiger charge is -2.03. The van der Waals surface area contributed by atoms with Gasteiger partial charge in [-0.25, -0.2) is 0 Å². The molecule has 3 nitrogen and oxygen atoms in total. The first kappa shape index (κ1) is 13.4. The first-order valence-corrected chi connectivity index (χ1v) is 7.05. The average Bonchev–Trinajstić information content (AvgIpc) is 2.80. The van der Waals surface area contributed by atoms with Crippen molar-refractivity contribution in [2.45, 2.75) is 13.8 Å². The third kappa shape index (κ3) is 2.68. The van der Waals surface area contributed by atoms with E-state index in [1.807, 2.05) is 12.3 Å². The molecule has 3 aromatic rings. The number of para-hydroxylation sites is 1. The van der Waals surface area contributed by atoms with Gasteiger partial charge in [-0.3, -0.25) is 5.43 Å². The van der Waals surface area contributed by atoms with Crippen LogP contribution in [0.1, 0.15) is 16.7 Å². The van der Waals surface area contributed by atoms with E-state index in [0.717, 1.165) is 11.3 Å². The second-order valence-corrected chi connectivity index (χ2v) is 5.38. The number of hydrogen-bond donors (Lipinski definition) is 1. The SMILES string of the molecule is Cc1ccc(N/N=C/c2cn(C)c3ccccc23)cc1C. The van der Waals surface area contributed by atoms with Gasteiger partial charge in [-0.05, 0) is 43.2 Å². The molecule has 0 aliphatic carbocycles. The third-order valence-corrected chi connectivity index (χ3v) is 3.83. The summed E-state index contributed by atoms with van der Waals surface area (Å²) in [5.74, 6) is 0. The average molecular weight is 277 g/mol. The van der Waals surface area contributed by atoms with Gasteiger partial charge < -0.3 is 4.57 Å². The van der Waals surface area contributed by atoms with E-state index in [0.29, 0.717) is 0 Å². The van der Waals surface area contributed by atoms with Crippen LogP contribution >= 0.6 is 0 Å². The number of aromatic nitrogens is 1. The number of nitrogens with one attached hydrogen (secondary N) is 1. The summed E-state index contributed by atoms with van der Waals surface area (Å²) >= 11 is 0. The molecule has 0 unspecified atom stereocenters. The van der Waals surface area contributed by atoms with Crippen molar-refractivity contribution in [3.8, 4) is 0 Å². The zero-order chi connectivity index (χ0) is 14.8. The van der Waals surface area contributed by atoms with Crippen LogP contribution in [-0.4, -0.2) is 10.8 Å². The van der Waals surface area contributed by atoms with Gasteiger partial charge in [0.1, 0.15) is 0 Å². The Balaban J connectivity index is 1.83. The van der Waals surface area contributed by atoms with Crippen LogP contribution < -0.4 is 5.43 Å². The van der Waals surface area contributed by atoms with Gasteiger partial charge in [-0.15, -0.1) is 0 Å².